The van der Waals surface area contributed by atoms with Crippen molar-refractivity contribution < 1.29 is 48.9 Å². The molecule has 0 saturated heterocycles. The molecule has 0 aliphatic heterocycles. The van der Waals surface area contributed by atoms with Crippen LogP contribution >= 0.6 is 23.2 Å². The Morgan fingerprint density at radius 2 is 0.980 bits per heavy atom. The van der Waals surface area contributed by atoms with Crippen LogP contribution in [-0.2, 0) is 31.3 Å². The fourth-order valence-electron chi connectivity index (χ4n) is 4.40. The Bertz CT molecular complexity index is 1310. The molecule has 4 rings (SSSR count). The Kier molecular flexibility index (Phi) is 27.0. The van der Waals surface area contributed by atoms with E-state index in [9.17, 15) is 27.2 Å². The Labute approximate surface area is 326 Å². The van der Waals surface area contributed by atoms with E-state index in [2.05, 4.69) is 0 Å². The standard InChI is InChI=1S/2C15H19ClF2NO.2C5H5.Ti/c2*1-3-5-8-19(15(20)11(4-2)10-16)14-7-6-12(17)9-13(14)18;2*1-2-4-5-3-1;/h2*6-7,11H,3-5,8,10H2,1-2H3;2*1-5H;/q4*-1;+4. The van der Waals surface area contributed by atoms with Crippen molar-refractivity contribution >= 4 is 46.4 Å². The molecule has 0 N–H and O–H groups in total. The molecule has 4 nitrogen and oxygen atoms in total. The van der Waals surface area contributed by atoms with E-state index in [1.54, 1.807) is 0 Å². The number of halogens is 6. The topological polar surface area (TPSA) is 40.6 Å². The van der Waals surface area contributed by atoms with Crippen LogP contribution < -0.4 is 9.80 Å². The minimum Gasteiger partial charge on any atom is -0.363 e. The van der Waals surface area contributed by atoms with Gasteiger partial charge in [0, 0.05) is 48.1 Å². The van der Waals surface area contributed by atoms with Crippen LogP contribution in [-0.4, -0.2) is 36.7 Å². The molecule has 2 unspecified atom stereocenters. The van der Waals surface area contributed by atoms with Gasteiger partial charge >= 0.3 is 21.7 Å². The predicted octanol–water partition coefficient (Wildman–Crippen LogP) is 11.1. The zero-order valence-electron chi connectivity index (χ0n) is 29.8. The number of carbonyl (C=O) groups excluding carboxylic acids is 2. The van der Waals surface area contributed by atoms with Gasteiger partial charge in [0.15, 0.2) is 0 Å². The monoisotopic (exact) mass is 782 g/mol. The molecule has 0 fully saturated rings. The summed E-state index contributed by atoms with van der Waals surface area (Å²) in [5.74, 6) is -4.06. The molecule has 0 aliphatic carbocycles. The Morgan fingerprint density at radius 3 is 1.20 bits per heavy atom. The van der Waals surface area contributed by atoms with E-state index in [0.29, 0.717) is 25.9 Å². The van der Waals surface area contributed by atoms with Crippen molar-refractivity contribution in [2.24, 2.45) is 11.8 Å². The van der Waals surface area contributed by atoms with Gasteiger partial charge in [-0.15, -0.1) is 59.6 Å². The summed E-state index contributed by atoms with van der Waals surface area (Å²) in [6.45, 7) is 8.45. The fraction of sp³-hybridized carbons (Fsp3) is 0.400. The third-order valence-electron chi connectivity index (χ3n) is 7.44. The van der Waals surface area contributed by atoms with E-state index < -0.39 is 23.3 Å². The molecule has 0 spiro atoms. The number of unbranched alkanes of at least 4 members (excludes halogenated alkanes) is 2. The number of benzene rings is 2. The summed E-state index contributed by atoms with van der Waals surface area (Å²) in [5, 5.41) is 0. The summed E-state index contributed by atoms with van der Waals surface area (Å²) in [7, 11) is 0. The molecule has 51 heavy (non-hydrogen) atoms. The third-order valence-corrected chi connectivity index (χ3v) is 8.18. The fourth-order valence-corrected chi connectivity index (χ4v) is 5.10. The van der Waals surface area contributed by atoms with Crippen LogP contribution in [0.2, 0.25) is 0 Å². The van der Waals surface area contributed by atoms with Crippen LogP contribution in [0.1, 0.15) is 66.2 Å². The quantitative estimate of drug-likeness (QED) is 0.0553. The van der Waals surface area contributed by atoms with Crippen molar-refractivity contribution in [1.82, 2.24) is 0 Å². The van der Waals surface area contributed by atoms with Crippen LogP contribution in [0.5, 0.6) is 0 Å². The molecular formula is C40H48Cl2F4N2O2Ti. The molecule has 11 heteroatoms. The van der Waals surface area contributed by atoms with Crippen LogP contribution in [0, 0.1) is 47.2 Å². The molecule has 276 valence electrons. The van der Waals surface area contributed by atoms with Gasteiger partial charge in [-0.05, 0) is 37.1 Å². The van der Waals surface area contributed by atoms with E-state index >= 15 is 0 Å². The summed E-state index contributed by atoms with van der Waals surface area (Å²) in [6.07, 6.45) is 4.37. The number of nitrogens with zero attached hydrogens (tertiary/aromatic N) is 2. The SMILES string of the molecule is CCCCN(C(=O)C(CC)CCl)c1ccc(F)[c-]c1F.CCCCN(C(=O)C(CC)CCl)c1ccc(F)[c-]c1F.[Ti+4].c1cc[cH-]c1.c1cc[cH-]c1. The van der Waals surface area contributed by atoms with Gasteiger partial charge in [-0.25, -0.2) is 41.8 Å². The summed E-state index contributed by atoms with van der Waals surface area (Å²) < 4.78 is 53.5. The first-order valence-electron chi connectivity index (χ1n) is 16.9. The summed E-state index contributed by atoms with van der Waals surface area (Å²) in [5.41, 5.74) is 0.127. The Morgan fingerprint density at radius 1 is 0.647 bits per heavy atom. The van der Waals surface area contributed by atoms with Gasteiger partial charge < -0.3 is 9.80 Å². The van der Waals surface area contributed by atoms with E-state index in [1.807, 2.05) is 100 Å². The van der Waals surface area contributed by atoms with Crippen molar-refractivity contribution in [1.29, 1.82) is 0 Å². The molecule has 2 atom stereocenters. The van der Waals surface area contributed by atoms with Gasteiger partial charge in [-0.3, -0.25) is 9.59 Å². The zero-order valence-corrected chi connectivity index (χ0v) is 32.9. The molecule has 4 aromatic carbocycles. The Hall–Kier alpha value is -2.91. The molecule has 0 radical (unpaired) electrons. The molecule has 0 heterocycles. The van der Waals surface area contributed by atoms with Crippen molar-refractivity contribution in [2.45, 2.75) is 66.2 Å². The van der Waals surface area contributed by atoms with Crippen molar-refractivity contribution in [3.8, 4) is 0 Å². The van der Waals surface area contributed by atoms with Crippen LogP contribution in [0.3, 0.4) is 0 Å². The average molecular weight is 784 g/mol. The summed E-state index contributed by atoms with van der Waals surface area (Å²) in [6, 6.07) is 28.7. The maximum atomic E-state index is 13.8. The second-order valence-electron chi connectivity index (χ2n) is 11.1. The normalized spacial score (nSPS) is 11.2. The maximum absolute atomic E-state index is 13.8. The van der Waals surface area contributed by atoms with E-state index in [4.69, 9.17) is 23.2 Å². The van der Waals surface area contributed by atoms with Gasteiger partial charge in [-0.2, -0.15) is 36.4 Å². The first-order chi connectivity index (χ1) is 24.1. The van der Waals surface area contributed by atoms with Gasteiger partial charge in [-0.1, -0.05) is 40.5 Å². The Balaban J connectivity index is 0.000000754. The van der Waals surface area contributed by atoms with Crippen LogP contribution in [0.4, 0.5) is 28.9 Å². The molecule has 0 aliphatic rings. The van der Waals surface area contributed by atoms with Gasteiger partial charge in [0.05, 0.1) is 11.8 Å². The number of hydrogen-bond acceptors (Lipinski definition) is 2. The van der Waals surface area contributed by atoms with Crippen LogP contribution in [0.15, 0.2) is 84.9 Å². The number of carbonyl (C=O) groups is 2. The smallest absolute Gasteiger partial charge is 0.363 e. The van der Waals surface area contributed by atoms with Gasteiger partial charge in [0.1, 0.15) is 0 Å². The summed E-state index contributed by atoms with van der Waals surface area (Å²) in [4.78, 5) is 27.5. The van der Waals surface area contributed by atoms with E-state index in [1.165, 1.54) is 21.9 Å². The maximum Gasteiger partial charge on any atom is 4.00 e. The number of anilines is 2. The first-order valence-corrected chi connectivity index (χ1v) is 18.0. The average Bonchev–Trinajstić information content (AvgIpc) is 3.89. The molecule has 2 amide bonds. The van der Waals surface area contributed by atoms with Gasteiger partial charge in [0.25, 0.3) is 0 Å². The second-order valence-corrected chi connectivity index (χ2v) is 11.8. The predicted molar refractivity (Wildman–Crippen MR) is 198 cm³/mol. The summed E-state index contributed by atoms with van der Waals surface area (Å²) >= 11 is 11.6. The number of hydrogen-bond donors (Lipinski definition) is 0. The van der Waals surface area contributed by atoms with Crippen molar-refractivity contribution in [3.05, 3.63) is 120 Å². The van der Waals surface area contributed by atoms with Crippen LogP contribution in [0.25, 0.3) is 0 Å². The van der Waals surface area contributed by atoms with Crippen molar-refractivity contribution in [3.63, 3.8) is 0 Å². The number of amides is 2. The van der Waals surface area contributed by atoms with Gasteiger partial charge in [0.2, 0.25) is 11.8 Å². The molecule has 0 bridgehead atoms. The molecule has 0 aromatic heterocycles. The minimum absolute atomic E-state index is 0. The molecular weight excluding hydrogens is 735 g/mol. The third kappa shape index (κ3) is 17.9. The molecule has 0 saturated carbocycles. The number of alkyl halides is 2. The minimum atomic E-state index is -0.848. The largest absolute Gasteiger partial charge is 4.00 e. The zero-order chi connectivity index (χ0) is 37.3. The first kappa shape index (κ1) is 48.1. The second kappa shape index (κ2) is 28.7. The van der Waals surface area contributed by atoms with Crippen molar-refractivity contribution in [2.75, 3.05) is 34.6 Å². The number of rotatable bonds is 14. The van der Waals surface area contributed by atoms with E-state index in [0.717, 1.165) is 37.8 Å². The molecule has 4 aromatic rings. The van der Waals surface area contributed by atoms with E-state index in [-0.39, 0.29) is 68.5 Å².